The van der Waals surface area contributed by atoms with Gasteiger partial charge in [0.2, 0.25) is 0 Å². The SMILES string of the molecule is Nc1ccc(NCC2CCC(O)C2)c(C(F)F)c1. The first-order valence-electron chi connectivity index (χ1n) is 6.15. The van der Waals surface area contributed by atoms with Crippen LogP contribution < -0.4 is 11.1 Å². The van der Waals surface area contributed by atoms with E-state index in [-0.39, 0.29) is 11.7 Å². The van der Waals surface area contributed by atoms with Crippen molar-refractivity contribution in [2.24, 2.45) is 5.92 Å². The van der Waals surface area contributed by atoms with Crippen molar-refractivity contribution in [3.63, 3.8) is 0 Å². The third-order valence-electron chi connectivity index (χ3n) is 3.41. The van der Waals surface area contributed by atoms with Gasteiger partial charge in [0.25, 0.3) is 6.43 Å². The van der Waals surface area contributed by atoms with E-state index in [1.54, 1.807) is 12.1 Å². The van der Waals surface area contributed by atoms with Crippen molar-refractivity contribution < 1.29 is 13.9 Å². The molecule has 2 atom stereocenters. The maximum Gasteiger partial charge on any atom is 0.265 e. The number of anilines is 2. The molecule has 1 aromatic rings. The monoisotopic (exact) mass is 256 g/mol. The van der Waals surface area contributed by atoms with Gasteiger partial charge in [-0.25, -0.2) is 8.78 Å². The molecule has 0 aromatic heterocycles. The zero-order valence-corrected chi connectivity index (χ0v) is 10.1. The molecule has 4 N–H and O–H groups in total. The highest BCUT2D eigenvalue weighted by molar-refractivity contribution is 5.58. The predicted molar refractivity (Wildman–Crippen MR) is 67.6 cm³/mol. The summed E-state index contributed by atoms with van der Waals surface area (Å²) >= 11 is 0. The lowest BCUT2D eigenvalue weighted by atomic mass is 10.1. The van der Waals surface area contributed by atoms with Gasteiger partial charge in [-0.3, -0.25) is 0 Å². The number of aliphatic hydroxyl groups excluding tert-OH is 1. The highest BCUT2D eigenvalue weighted by Crippen LogP contribution is 2.30. The van der Waals surface area contributed by atoms with Gasteiger partial charge in [0.05, 0.1) is 6.10 Å². The molecule has 2 unspecified atom stereocenters. The Labute approximate surface area is 105 Å². The number of nitrogens with one attached hydrogen (secondary N) is 1. The average molecular weight is 256 g/mol. The zero-order valence-electron chi connectivity index (χ0n) is 10.1. The van der Waals surface area contributed by atoms with Gasteiger partial charge in [-0.1, -0.05) is 0 Å². The van der Waals surface area contributed by atoms with Crippen LogP contribution in [0.5, 0.6) is 0 Å². The lowest BCUT2D eigenvalue weighted by Gasteiger charge is -2.15. The van der Waals surface area contributed by atoms with Crippen molar-refractivity contribution in [1.82, 2.24) is 0 Å². The molecule has 5 heteroatoms. The number of rotatable bonds is 4. The number of halogens is 2. The lowest BCUT2D eigenvalue weighted by Crippen LogP contribution is -2.13. The van der Waals surface area contributed by atoms with Crippen LogP contribution in [0.15, 0.2) is 18.2 Å². The molecule has 3 nitrogen and oxygen atoms in total. The molecule has 0 saturated heterocycles. The van der Waals surface area contributed by atoms with Crippen molar-refractivity contribution in [3.05, 3.63) is 23.8 Å². The van der Waals surface area contributed by atoms with Crippen LogP contribution in [0.1, 0.15) is 31.3 Å². The van der Waals surface area contributed by atoms with Crippen molar-refractivity contribution in [2.45, 2.75) is 31.8 Å². The molecule has 0 amide bonds. The Hall–Kier alpha value is -1.36. The first kappa shape index (κ1) is 13.1. The first-order valence-corrected chi connectivity index (χ1v) is 6.15. The maximum atomic E-state index is 12.8. The second-order valence-electron chi connectivity index (χ2n) is 4.86. The van der Waals surface area contributed by atoms with Crippen LogP contribution in [-0.2, 0) is 0 Å². The largest absolute Gasteiger partial charge is 0.399 e. The van der Waals surface area contributed by atoms with E-state index in [9.17, 15) is 13.9 Å². The van der Waals surface area contributed by atoms with Gasteiger partial charge in [-0.2, -0.15) is 0 Å². The molecule has 18 heavy (non-hydrogen) atoms. The summed E-state index contributed by atoms with van der Waals surface area (Å²) in [6.07, 6.45) is -0.294. The Morgan fingerprint density at radius 3 is 2.78 bits per heavy atom. The fourth-order valence-corrected chi connectivity index (χ4v) is 2.41. The summed E-state index contributed by atoms with van der Waals surface area (Å²) in [6, 6.07) is 4.50. The molecular weight excluding hydrogens is 238 g/mol. The fraction of sp³-hybridized carbons (Fsp3) is 0.538. The molecule has 0 aliphatic heterocycles. The van der Waals surface area contributed by atoms with Crippen LogP contribution >= 0.6 is 0 Å². The molecule has 100 valence electrons. The maximum absolute atomic E-state index is 12.8. The third-order valence-corrected chi connectivity index (χ3v) is 3.41. The number of aliphatic hydroxyl groups is 1. The number of hydrogen-bond acceptors (Lipinski definition) is 3. The van der Waals surface area contributed by atoms with E-state index in [1.807, 2.05) is 0 Å². The van der Waals surface area contributed by atoms with Crippen LogP contribution in [0.4, 0.5) is 20.2 Å². The standard InChI is InChI=1S/C13H18F2N2O/c14-13(15)11-6-9(16)2-4-12(11)17-7-8-1-3-10(18)5-8/h2,4,6,8,10,13,17-18H,1,3,5,7,16H2. The van der Waals surface area contributed by atoms with Crippen LogP contribution in [0.3, 0.4) is 0 Å². The van der Waals surface area contributed by atoms with E-state index in [2.05, 4.69) is 5.32 Å². The minimum absolute atomic E-state index is 0.0615. The molecule has 0 spiro atoms. The van der Waals surface area contributed by atoms with E-state index >= 15 is 0 Å². The lowest BCUT2D eigenvalue weighted by molar-refractivity contribution is 0.152. The van der Waals surface area contributed by atoms with Gasteiger partial charge in [0.1, 0.15) is 0 Å². The molecule has 2 rings (SSSR count). The van der Waals surface area contributed by atoms with Gasteiger partial charge in [0, 0.05) is 23.5 Å². The summed E-state index contributed by atoms with van der Waals surface area (Å²) in [4.78, 5) is 0. The predicted octanol–water partition coefficient (Wildman–Crippen LogP) is 2.78. The summed E-state index contributed by atoms with van der Waals surface area (Å²) in [5.74, 6) is 0.350. The van der Waals surface area contributed by atoms with E-state index in [0.717, 1.165) is 19.3 Å². The number of nitrogens with two attached hydrogens (primary N) is 1. The van der Waals surface area contributed by atoms with E-state index < -0.39 is 6.43 Å². The average Bonchev–Trinajstić information content (AvgIpc) is 2.73. The fourth-order valence-electron chi connectivity index (χ4n) is 2.41. The second-order valence-corrected chi connectivity index (χ2v) is 4.86. The van der Waals surface area contributed by atoms with Gasteiger partial charge in [0.15, 0.2) is 0 Å². The van der Waals surface area contributed by atoms with E-state index in [1.165, 1.54) is 6.07 Å². The number of benzene rings is 1. The summed E-state index contributed by atoms with van der Waals surface area (Å²) in [5.41, 5.74) is 6.22. The second kappa shape index (κ2) is 5.52. The summed E-state index contributed by atoms with van der Waals surface area (Å²) in [6.45, 7) is 0.612. The zero-order chi connectivity index (χ0) is 13.1. The van der Waals surface area contributed by atoms with Crippen molar-refractivity contribution >= 4 is 11.4 Å². The highest BCUT2D eigenvalue weighted by Gasteiger charge is 2.23. The number of alkyl halides is 2. The molecule has 1 fully saturated rings. The minimum Gasteiger partial charge on any atom is -0.399 e. The molecular formula is C13H18F2N2O. The summed E-state index contributed by atoms with van der Waals surface area (Å²) < 4.78 is 25.7. The molecule has 1 aliphatic carbocycles. The molecule has 0 bridgehead atoms. The quantitative estimate of drug-likeness (QED) is 0.726. The Balaban J connectivity index is 2.00. The molecule has 0 heterocycles. The van der Waals surface area contributed by atoms with Crippen LogP contribution in [0, 0.1) is 5.92 Å². The highest BCUT2D eigenvalue weighted by atomic mass is 19.3. The molecule has 1 saturated carbocycles. The smallest absolute Gasteiger partial charge is 0.265 e. The number of nitrogen functional groups attached to an aromatic ring is 1. The van der Waals surface area contributed by atoms with Crippen LogP contribution in [0.2, 0.25) is 0 Å². The molecule has 1 aromatic carbocycles. The van der Waals surface area contributed by atoms with E-state index in [4.69, 9.17) is 5.73 Å². The van der Waals surface area contributed by atoms with E-state index in [0.29, 0.717) is 23.8 Å². The Morgan fingerprint density at radius 1 is 1.39 bits per heavy atom. The molecule has 0 radical (unpaired) electrons. The van der Waals surface area contributed by atoms with Gasteiger partial charge in [-0.15, -0.1) is 0 Å². The third kappa shape index (κ3) is 3.10. The summed E-state index contributed by atoms with van der Waals surface area (Å²) in [5, 5.41) is 12.4. The normalized spacial score (nSPS) is 23.6. The van der Waals surface area contributed by atoms with Crippen molar-refractivity contribution in [3.8, 4) is 0 Å². The van der Waals surface area contributed by atoms with Gasteiger partial charge < -0.3 is 16.2 Å². The topological polar surface area (TPSA) is 58.3 Å². The summed E-state index contributed by atoms with van der Waals surface area (Å²) in [7, 11) is 0. The number of hydrogen-bond donors (Lipinski definition) is 3. The minimum atomic E-state index is -2.54. The Morgan fingerprint density at radius 2 is 2.17 bits per heavy atom. The van der Waals surface area contributed by atoms with Gasteiger partial charge >= 0.3 is 0 Å². The Bertz CT molecular complexity index is 412. The van der Waals surface area contributed by atoms with Crippen LogP contribution in [-0.4, -0.2) is 17.8 Å². The first-order chi connectivity index (χ1) is 8.56. The van der Waals surface area contributed by atoms with Crippen molar-refractivity contribution in [1.29, 1.82) is 0 Å². The molecule has 1 aliphatic rings. The van der Waals surface area contributed by atoms with Crippen LogP contribution in [0.25, 0.3) is 0 Å². The Kier molecular flexibility index (Phi) is 4.01. The van der Waals surface area contributed by atoms with Gasteiger partial charge in [-0.05, 0) is 43.4 Å². The van der Waals surface area contributed by atoms with Crippen molar-refractivity contribution in [2.75, 3.05) is 17.6 Å².